The van der Waals surface area contributed by atoms with Gasteiger partial charge in [-0.2, -0.15) is 0 Å². The average molecular weight is 820 g/mol. The Morgan fingerprint density at radius 2 is 1.65 bits per heavy atom. The van der Waals surface area contributed by atoms with Crippen molar-refractivity contribution in [3.8, 4) is 5.75 Å². The lowest BCUT2D eigenvalue weighted by atomic mass is 9.58. The highest BCUT2D eigenvalue weighted by Gasteiger charge is 2.47. The zero-order valence-electron chi connectivity index (χ0n) is 20.0. The maximum Gasteiger partial charge on any atom is 0.335 e. The molecule has 2 fully saturated rings. The number of phenolic OH excluding ortho intramolecular Hbond substituents is 1. The molecule has 0 spiro atoms. The van der Waals surface area contributed by atoms with Crippen LogP contribution < -0.4 is 0 Å². The monoisotopic (exact) mass is 818 g/mol. The summed E-state index contributed by atoms with van der Waals surface area (Å²) in [6.07, 6.45) is 7.28. The number of hydrogen-bond donors (Lipinski definition) is 2. The fourth-order valence-corrected chi connectivity index (χ4v) is 8.86. The molecule has 0 unspecified atom stereocenters. The van der Waals surface area contributed by atoms with E-state index in [4.69, 9.17) is 0 Å². The van der Waals surface area contributed by atoms with Gasteiger partial charge >= 0.3 is 5.97 Å². The number of aromatic hydroxyl groups is 1. The molecule has 2 aliphatic rings. The summed E-state index contributed by atoms with van der Waals surface area (Å²) in [6, 6.07) is 4.65. The number of benzene rings is 1. The van der Waals surface area contributed by atoms with Crippen LogP contribution in [-0.2, 0) is 6.42 Å². The average Bonchev–Trinajstić information content (AvgIpc) is 2.79. The van der Waals surface area contributed by atoms with Gasteiger partial charge in [-0.05, 0) is 99.5 Å². The molecular formula is C27H34Br2I2O3. The number of rotatable bonds is 6. The lowest BCUT2D eigenvalue weighted by Crippen LogP contribution is -2.44. The number of hydrogen-bond acceptors (Lipinski definition) is 2. The van der Waals surface area contributed by atoms with E-state index in [2.05, 4.69) is 106 Å². The standard InChI is InChI=1S/C27H34Br2I2O3/c1-26(2)20(17(14-30)5-8-23(26)28)10-11-27(3)21(18(15-31)6-9-24(27)29)13-19-12-16(25(33)34)4-7-22(19)32/h4,7,12,14-15,20-21,23-24,32H,5-6,8-11,13H2,1-3H3,(H,33,34)/b17-14+,18-15+/t20-,21-,23+,24+,27+/m1/s1. The number of phenols is 1. The number of aromatic carboxylic acids is 1. The minimum atomic E-state index is -0.961. The molecule has 0 aliphatic heterocycles. The van der Waals surface area contributed by atoms with Gasteiger partial charge in [0.1, 0.15) is 5.75 Å². The van der Waals surface area contributed by atoms with Gasteiger partial charge in [-0.25, -0.2) is 4.79 Å². The minimum Gasteiger partial charge on any atom is -0.508 e. The molecule has 3 nitrogen and oxygen atoms in total. The van der Waals surface area contributed by atoms with E-state index in [0.29, 0.717) is 22.0 Å². The molecule has 0 saturated heterocycles. The van der Waals surface area contributed by atoms with Crippen molar-refractivity contribution in [3.05, 3.63) is 48.6 Å². The zero-order valence-corrected chi connectivity index (χ0v) is 27.4. The first-order chi connectivity index (χ1) is 15.9. The van der Waals surface area contributed by atoms with Crippen LogP contribution in [0.3, 0.4) is 0 Å². The van der Waals surface area contributed by atoms with Crippen LogP contribution in [0.15, 0.2) is 37.5 Å². The molecule has 2 saturated carbocycles. The molecule has 0 aromatic heterocycles. The predicted octanol–water partition coefficient (Wildman–Crippen LogP) is 9.43. The van der Waals surface area contributed by atoms with E-state index in [1.165, 1.54) is 24.1 Å². The van der Waals surface area contributed by atoms with Crippen molar-refractivity contribution >= 4 is 83.0 Å². The SMILES string of the molecule is CC1(C)[C@H](CC[C@@]2(C)[C@H](Cc3cc(C(=O)O)ccc3O)/C(=C/I)CC[C@@H]2Br)/C(=C/I)CC[C@@H]1Br. The summed E-state index contributed by atoms with van der Waals surface area (Å²) < 4.78 is 4.52. The van der Waals surface area contributed by atoms with Crippen LogP contribution in [0.1, 0.15) is 75.2 Å². The van der Waals surface area contributed by atoms with E-state index in [-0.39, 0.29) is 28.1 Å². The van der Waals surface area contributed by atoms with Crippen LogP contribution in [0.5, 0.6) is 5.75 Å². The zero-order chi connectivity index (χ0) is 25.3. The second-order valence-electron chi connectivity index (χ2n) is 10.7. The Kier molecular flexibility index (Phi) is 10.1. The number of carbonyl (C=O) groups is 1. The second kappa shape index (κ2) is 11.8. The number of alkyl halides is 2. The van der Waals surface area contributed by atoms with E-state index in [0.717, 1.165) is 37.7 Å². The second-order valence-corrected chi connectivity index (χ2v) is 14.2. The smallest absolute Gasteiger partial charge is 0.335 e. The number of carboxylic acid groups (broad SMARTS) is 1. The molecular weight excluding hydrogens is 786 g/mol. The highest BCUT2D eigenvalue weighted by molar-refractivity contribution is 14.1. The van der Waals surface area contributed by atoms with Crippen LogP contribution in [0, 0.1) is 22.7 Å². The predicted molar refractivity (Wildman–Crippen MR) is 165 cm³/mol. The normalized spacial score (nSPS) is 33.9. The molecule has 0 radical (unpaired) electrons. The van der Waals surface area contributed by atoms with E-state index >= 15 is 0 Å². The molecule has 7 heteroatoms. The summed E-state index contributed by atoms with van der Waals surface area (Å²) in [4.78, 5) is 12.5. The highest BCUT2D eigenvalue weighted by atomic mass is 127. The molecule has 0 amide bonds. The Morgan fingerprint density at radius 1 is 1.06 bits per heavy atom. The lowest BCUT2D eigenvalue weighted by Gasteiger charge is -2.50. The van der Waals surface area contributed by atoms with Crippen LogP contribution >= 0.6 is 77.0 Å². The van der Waals surface area contributed by atoms with E-state index in [1.807, 2.05) is 0 Å². The van der Waals surface area contributed by atoms with E-state index < -0.39 is 5.97 Å². The fourth-order valence-electron chi connectivity index (χ4n) is 6.05. The molecule has 5 atom stereocenters. The fraction of sp³-hybridized carbons (Fsp3) is 0.593. The Labute approximate surface area is 248 Å². The number of carboxylic acids is 1. The first kappa shape index (κ1) is 29.0. The highest BCUT2D eigenvalue weighted by Crippen LogP contribution is 2.56. The number of halogens is 4. The Morgan fingerprint density at radius 3 is 2.24 bits per heavy atom. The van der Waals surface area contributed by atoms with Crippen molar-refractivity contribution in [2.45, 2.75) is 75.4 Å². The summed E-state index contributed by atoms with van der Waals surface area (Å²) in [5.41, 5.74) is 4.11. The Hall–Kier alpha value is 0.390. The third kappa shape index (κ3) is 5.93. The summed E-state index contributed by atoms with van der Waals surface area (Å²) in [5, 5.41) is 20.1. The minimum absolute atomic E-state index is 0.00730. The van der Waals surface area contributed by atoms with Crippen molar-refractivity contribution in [2.75, 3.05) is 0 Å². The van der Waals surface area contributed by atoms with Crippen molar-refractivity contribution < 1.29 is 15.0 Å². The van der Waals surface area contributed by atoms with Crippen LogP contribution in [0.4, 0.5) is 0 Å². The third-order valence-corrected chi connectivity index (χ3v) is 13.2. The van der Waals surface area contributed by atoms with Crippen molar-refractivity contribution in [1.29, 1.82) is 0 Å². The van der Waals surface area contributed by atoms with Gasteiger partial charge in [-0.1, -0.05) is 109 Å². The topological polar surface area (TPSA) is 57.5 Å². The van der Waals surface area contributed by atoms with Crippen molar-refractivity contribution in [1.82, 2.24) is 0 Å². The van der Waals surface area contributed by atoms with Gasteiger partial charge in [-0.15, -0.1) is 0 Å². The van der Waals surface area contributed by atoms with Crippen LogP contribution in [0.25, 0.3) is 0 Å². The van der Waals surface area contributed by atoms with E-state index in [1.54, 1.807) is 11.6 Å². The van der Waals surface area contributed by atoms with Gasteiger partial charge in [0.25, 0.3) is 0 Å². The number of allylic oxidation sites excluding steroid dienone is 2. The van der Waals surface area contributed by atoms with Gasteiger partial charge in [0.05, 0.1) is 5.56 Å². The molecule has 34 heavy (non-hydrogen) atoms. The van der Waals surface area contributed by atoms with Crippen LogP contribution in [0.2, 0.25) is 0 Å². The molecule has 0 bridgehead atoms. The quantitative estimate of drug-likeness (QED) is 0.222. The first-order valence-electron chi connectivity index (χ1n) is 11.9. The maximum absolute atomic E-state index is 11.6. The summed E-state index contributed by atoms with van der Waals surface area (Å²) in [6.45, 7) is 7.19. The van der Waals surface area contributed by atoms with Gasteiger partial charge < -0.3 is 10.2 Å². The summed E-state index contributed by atoms with van der Waals surface area (Å²) in [5.74, 6) is -0.0199. The summed E-state index contributed by atoms with van der Waals surface area (Å²) in [7, 11) is 0. The lowest BCUT2D eigenvalue weighted by molar-refractivity contribution is 0.0696. The van der Waals surface area contributed by atoms with Gasteiger partial charge in [0, 0.05) is 9.65 Å². The molecule has 1 aromatic carbocycles. The van der Waals surface area contributed by atoms with Crippen molar-refractivity contribution in [2.24, 2.45) is 22.7 Å². The molecule has 2 N–H and O–H groups in total. The van der Waals surface area contributed by atoms with Gasteiger partial charge in [-0.3, -0.25) is 0 Å². The van der Waals surface area contributed by atoms with Crippen LogP contribution in [-0.4, -0.2) is 25.8 Å². The maximum atomic E-state index is 11.6. The Bertz CT molecular complexity index is 975. The van der Waals surface area contributed by atoms with Gasteiger partial charge in [0.15, 0.2) is 0 Å². The largest absolute Gasteiger partial charge is 0.508 e. The third-order valence-electron chi connectivity index (χ3n) is 8.49. The molecule has 0 heterocycles. The molecule has 1 aromatic rings. The molecule has 188 valence electrons. The van der Waals surface area contributed by atoms with Crippen molar-refractivity contribution in [3.63, 3.8) is 0 Å². The van der Waals surface area contributed by atoms with E-state index in [9.17, 15) is 15.0 Å². The Balaban J connectivity index is 1.94. The first-order valence-corrected chi connectivity index (χ1v) is 16.2. The molecule has 2 aliphatic carbocycles. The summed E-state index contributed by atoms with van der Waals surface area (Å²) >= 11 is 12.8. The van der Waals surface area contributed by atoms with Gasteiger partial charge in [0.2, 0.25) is 0 Å². The molecule has 3 rings (SSSR count).